The summed E-state index contributed by atoms with van der Waals surface area (Å²) in [5, 5.41) is 10.6. The van der Waals surface area contributed by atoms with Gasteiger partial charge >= 0.3 is 11.3 Å². The number of hydrogen-bond donors (Lipinski definition) is 1. The van der Waals surface area contributed by atoms with Crippen LogP contribution in [-0.4, -0.2) is 12.2 Å². The molecule has 0 aliphatic carbocycles. The Morgan fingerprint density at radius 1 is 0.958 bits per heavy atom. The molecule has 1 heterocycles. The molecule has 3 aromatic rings. The van der Waals surface area contributed by atoms with Gasteiger partial charge in [0.1, 0.15) is 0 Å². The Balaban J connectivity index is 0.000000368. The molecule has 0 bridgehead atoms. The van der Waals surface area contributed by atoms with E-state index in [-0.39, 0.29) is 5.75 Å². The van der Waals surface area contributed by atoms with Gasteiger partial charge in [-0.15, -0.1) is 10.2 Å². The molecule has 0 saturated carbocycles. The number of methoxy groups -OCH3 is 1. The van der Waals surface area contributed by atoms with E-state index in [1.165, 1.54) is 7.11 Å². The van der Waals surface area contributed by atoms with Crippen molar-refractivity contribution in [2.24, 2.45) is 0 Å². The lowest BCUT2D eigenvalue weighted by molar-refractivity contribution is -2.00. The lowest BCUT2D eigenvalue weighted by Crippen LogP contribution is -2.68. The van der Waals surface area contributed by atoms with Crippen LogP contribution in [0.15, 0.2) is 59.0 Å². The number of benzene rings is 2. The topological polar surface area (TPSA) is 133 Å². The lowest BCUT2D eigenvalue weighted by Gasteiger charge is -2.17. The van der Waals surface area contributed by atoms with Gasteiger partial charge in [0.25, 0.3) is 0 Å². The molecule has 0 amide bonds. The zero-order valence-corrected chi connectivity index (χ0v) is 13.2. The van der Waals surface area contributed by atoms with Gasteiger partial charge in [-0.05, 0) is 18.2 Å². The van der Waals surface area contributed by atoms with Crippen molar-refractivity contribution in [1.82, 2.24) is 0 Å². The van der Waals surface area contributed by atoms with Crippen LogP contribution in [0.5, 0.6) is 11.5 Å². The molecule has 126 valence electrons. The van der Waals surface area contributed by atoms with E-state index in [9.17, 15) is 5.11 Å². The zero-order chi connectivity index (χ0) is 17.7. The van der Waals surface area contributed by atoms with Gasteiger partial charge in [0.2, 0.25) is 0 Å². The number of aromatic hydroxyl groups is 1. The quantitative estimate of drug-likeness (QED) is 0.605. The van der Waals surface area contributed by atoms with Crippen LogP contribution in [-0.2, 0) is 0 Å². The van der Waals surface area contributed by atoms with E-state index in [0.717, 1.165) is 16.7 Å². The van der Waals surface area contributed by atoms with Crippen molar-refractivity contribution in [2.75, 3.05) is 7.11 Å². The van der Waals surface area contributed by atoms with Crippen molar-refractivity contribution in [2.45, 2.75) is 0 Å². The van der Waals surface area contributed by atoms with Gasteiger partial charge in [-0.25, -0.2) is 23.1 Å². The van der Waals surface area contributed by atoms with Crippen LogP contribution in [0.25, 0.3) is 22.3 Å². The molecule has 24 heavy (non-hydrogen) atoms. The summed E-state index contributed by atoms with van der Waals surface area (Å²) in [5.41, 5.74) is 1.69. The second-order valence-corrected chi connectivity index (χ2v) is 5.36. The van der Waals surface area contributed by atoms with Crippen LogP contribution in [0.2, 0.25) is 0 Å². The first kappa shape index (κ1) is 17.9. The number of phenolic OH excluding ortho intramolecular Hbond substituents is 1. The van der Waals surface area contributed by atoms with Crippen LogP contribution in [0.3, 0.4) is 0 Å². The molecule has 0 aliphatic heterocycles. The molecule has 2 aromatic carbocycles. The van der Waals surface area contributed by atoms with Crippen molar-refractivity contribution in [3.8, 4) is 22.8 Å². The first-order valence-electron chi connectivity index (χ1n) is 6.59. The number of halogens is 1. The molecule has 0 fully saturated rings. The van der Waals surface area contributed by atoms with Gasteiger partial charge < -0.3 is 9.84 Å². The number of phenols is 1. The van der Waals surface area contributed by atoms with Gasteiger partial charge in [-0.2, -0.15) is 0 Å². The highest BCUT2D eigenvalue weighted by molar-refractivity contribution is 5.82. The average molecular weight is 353 g/mol. The second-order valence-electron chi connectivity index (χ2n) is 4.61. The molecule has 0 aliphatic rings. The minimum absolute atomic E-state index is 0.109. The standard InChI is InChI=1S/C16H12O3.ClHO4/c1-18-16-10-15-12(9-13(16)17)7-8-14(19-15)11-5-3-2-4-6-11;2-1(3,4)5/h2-10H,1H3;(H,2,3,4,5). The molecule has 0 spiro atoms. The monoisotopic (exact) mass is 352 g/mol. The summed E-state index contributed by atoms with van der Waals surface area (Å²) in [4.78, 5) is 0. The number of fused-ring (bicyclic) bond motifs is 1. The molecular weight excluding hydrogens is 340 g/mol. The van der Waals surface area contributed by atoms with Gasteiger partial charge in [-0.3, -0.25) is 0 Å². The number of hydrogen-bond acceptors (Lipinski definition) is 6. The molecule has 3 rings (SSSR count). The minimum atomic E-state index is -4.94. The highest BCUT2D eigenvalue weighted by Crippen LogP contribution is 2.33. The van der Waals surface area contributed by atoms with Gasteiger partial charge in [0.15, 0.2) is 11.5 Å². The first-order chi connectivity index (χ1) is 11.3. The van der Waals surface area contributed by atoms with Crippen molar-refractivity contribution < 1.29 is 43.1 Å². The normalized spacial score (nSPS) is 10.9. The molecule has 0 saturated heterocycles. The summed E-state index contributed by atoms with van der Waals surface area (Å²) in [6.45, 7) is 0. The molecule has 0 atom stereocenters. The number of ether oxygens (including phenoxy) is 1. The molecule has 0 radical (unpaired) electrons. The smallest absolute Gasteiger partial charge is 0.364 e. The summed E-state index contributed by atoms with van der Waals surface area (Å²) in [7, 11) is -3.43. The van der Waals surface area contributed by atoms with Crippen LogP contribution in [0.4, 0.5) is 0 Å². The van der Waals surface area contributed by atoms with E-state index in [0.29, 0.717) is 11.3 Å². The molecule has 1 N–H and O–H groups in total. The van der Waals surface area contributed by atoms with Crippen molar-refractivity contribution in [3.63, 3.8) is 0 Å². The second kappa shape index (κ2) is 7.43. The highest BCUT2D eigenvalue weighted by atomic mass is 35.7. The van der Waals surface area contributed by atoms with Crippen molar-refractivity contribution in [1.29, 1.82) is 0 Å². The summed E-state index contributed by atoms with van der Waals surface area (Å²) < 4.78 is 44.9. The Hall–Kier alpha value is -2.42. The summed E-state index contributed by atoms with van der Waals surface area (Å²) in [5.74, 6) is 1.29. The fraction of sp³-hybridized carbons (Fsp3) is 0.0625. The van der Waals surface area contributed by atoms with Crippen LogP contribution in [0, 0.1) is 10.2 Å². The largest absolute Gasteiger partial charge is 0.504 e. The third-order valence-electron chi connectivity index (χ3n) is 3.00. The van der Waals surface area contributed by atoms with E-state index in [1.807, 2.05) is 42.5 Å². The fourth-order valence-corrected chi connectivity index (χ4v) is 2.02. The summed E-state index contributed by atoms with van der Waals surface area (Å²) in [6.07, 6.45) is 0. The van der Waals surface area contributed by atoms with Gasteiger partial charge in [0.05, 0.1) is 24.1 Å². The third kappa shape index (κ3) is 5.05. The molecule has 8 heteroatoms. The molecule has 1 aromatic heterocycles. The predicted octanol–water partition coefficient (Wildman–Crippen LogP) is -0.661. The van der Waals surface area contributed by atoms with E-state index >= 15 is 0 Å². The summed E-state index contributed by atoms with van der Waals surface area (Å²) >= 11 is 0. The Labute approximate surface area is 139 Å². The highest BCUT2D eigenvalue weighted by Gasteiger charge is 2.17. The van der Waals surface area contributed by atoms with Crippen molar-refractivity contribution in [3.05, 3.63) is 54.6 Å². The fourth-order valence-electron chi connectivity index (χ4n) is 2.02. The van der Waals surface area contributed by atoms with Crippen LogP contribution < -0.4 is 23.4 Å². The predicted molar refractivity (Wildman–Crippen MR) is 74.3 cm³/mol. The maximum atomic E-state index is 9.73. The van der Waals surface area contributed by atoms with Gasteiger partial charge in [0, 0.05) is 12.1 Å². The SMILES string of the molecule is COc1cc2[o+]c(-c3ccccc3)ccc2cc1O.[O-][Cl+3]([O-])([O-])[O-]. The Morgan fingerprint density at radius 2 is 1.58 bits per heavy atom. The average Bonchev–Trinajstić information content (AvgIpc) is 2.53. The minimum Gasteiger partial charge on any atom is -0.504 e. The van der Waals surface area contributed by atoms with E-state index in [1.54, 1.807) is 12.1 Å². The van der Waals surface area contributed by atoms with E-state index in [2.05, 4.69) is 0 Å². The van der Waals surface area contributed by atoms with E-state index in [4.69, 9.17) is 27.8 Å². The Morgan fingerprint density at radius 3 is 2.17 bits per heavy atom. The third-order valence-corrected chi connectivity index (χ3v) is 3.00. The van der Waals surface area contributed by atoms with Gasteiger partial charge in [-0.1, -0.05) is 18.2 Å². The van der Waals surface area contributed by atoms with Crippen molar-refractivity contribution >= 4 is 11.0 Å². The first-order valence-corrected chi connectivity index (χ1v) is 7.82. The zero-order valence-electron chi connectivity index (χ0n) is 12.5. The number of rotatable bonds is 2. The molecular formula is C16H13ClO7. The van der Waals surface area contributed by atoms with E-state index < -0.39 is 10.2 Å². The maximum Gasteiger partial charge on any atom is 0.364 e. The Bertz CT molecular complexity index is 810. The molecule has 7 nitrogen and oxygen atoms in total. The maximum absolute atomic E-state index is 9.73. The summed E-state index contributed by atoms with van der Waals surface area (Å²) in [6, 6.07) is 17.0. The molecule has 0 unspecified atom stereocenters. The Kier molecular flexibility index (Phi) is 5.55. The lowest BCUT2D eigenvalue weighted by atomic mass is 10.1. The van der Waals surface area contributed by atoms with Crippen LogP contribution in [0.1, 0.15) is 0 Å². The van der Waals surface area contributed by atoms with Crippen LogP contribution >= 0.6 is 0 Å².